The summed E-state index contributed by atoms with van der Waals surface area (Å²) in [6, 6.07) is 8.78. The summed E-state index contributed by atoms with van der Waals surface area (Å²) in [5.74, 6) is -9.36. The third-order valence-corrected chi connectivity index (χ3v) is 12.1. The standard InChI is InChI=1S/C41H38ClF6N9O4S/c1-50-34-30(7-6-27(42)33(34)38(49)54-62(3,60)61)57-39(52-28-15-21(4-5-24(28)40(57)59)20-8-10-55(2)11-9-20)29(14-19-12-22(43)16-23(44)13-19)51-31(58)18-56-36-32(35(53-56)37(45)46)25-17-26(25)41(36,47)48/h4-8,12-13,15-16,25-26,29,37,50H,9-11,14,17-18H2,1-3H3,(H2,49,54)(H,51,58)/t25-,26+,29-/m0/s1. The number of likely N-dealkylation sites (N-methyl/N-ethyl adjacent to an activating group) is 1. The van der Waals surface area contributed by atoms with Crippen LogP contribution in [0.25, 0.3) is 22.2 Å². The highest BCUT2D eigenvalue weighted by Crippen LogP contribution is 2.68. The van der Waals surface area contributed by atoms with Crippen molar-refractivity contribution in [2.45, 2.75) is 50.1 Å². The van der Waals surface area contributed by atoms with E-state index in [1.165, 1.54) is 19.2 Å². The van der Waals surface area contributed by atoms with Gasteiger partial charge in [0.15, 0.2) is 0 Å². The van der Waals surface area contributed by atoms with Gasteiger partial charge in [0.1, 0.15) is 41.2 Å². The Balaban J connectivity index is 1.34. The second-order valence-electron chi connectivity index (χ2n) is 15.6. The number of alkyl halides is 4. The first-order valence-corrected chi connectivity index (χ1v) is 21.5. The molecule has 0 saturated heterocycles. The maximum absolute atomic E-state index is 15.5. The minimum atomic E-state index is -4.08. The van der Waals surface area contributed by atoms with Crippen LogP contribution in [0, 0.1) is 17.6 Å². The predicted molar refractivity (Wildman–Crippen MR) is 220 cm³/mol. The van der Waals surface area contributed by atoms with Gasteiger partial charge in [-0.25, -0.2) is 31.0 Å². The summed E-state index contributed by atoms with van der Waals surface area (Å²) in [4.78, 5) is 36.1. The number of nitrogens with one attached hydrogen (secondary N) is 2. The Morgan fingerprint density at radius 2 is 1.84 bits per heavy atom. The van der Waals surface area contributed by atoms with Crippen LogP contribution in [0.5, 0.6) is 0 Å². The van der Waals surface area contributed by atoms with Crippen molar-refractivity contribution in [1.82, 2.24) is 29.5 Å². The molecule has 21 heteroatoms. The fourth-order valence-electron chi connectivity index (χ4n) is 8.51. The van der Waals surface area contributed by atoms with Crippen LogP contribution in [-0.2, 0) is 33.7 Å². The second-order valence-corrected chi connectivity index (χ2v) is 17.7. The molecule has 0 spiro atoms. The van der Waals surface area contributed by atoms with Crippen molar-refractivity contribution < 1.29 is 39.6 Å². The van der Waals surface area contributed by atoms with Crippen LogP contribution in [0.15, 0.2) is 63.8 Å². The lowest BCUT2D eigenvalue weighted by molar-refractivity contribution is -0.123. The van der Waals surface area contributed by atoms with Crippen molar-refractivity contribution in [3.8, 4) is 5.69 Å². The summed E-state index contributed by atoms with van der Waals surface area (Å²) in [6.07, 6.45) is -0.145. The number of carbonyl (C=O) groups excluding carboxylic acids is 1. The van der Waals surface area contributed by atoms with Crippen molar-refractivity contribution in [3.63, 3.8) is 0 Å². The maximum atomic E-state index is 15.5. The van der Waals surface area contributed by atoms with Gasteiger partial charge in [-0.2, -0.15) is 13.9 Å². The van der Waals surface area contributed by atoms with Gasteiger partial charge >= 0.3 is 0 Å². The van der Waals surface area contributed by atoms with E-state index in [1.807, 2.05) is 13.1 Å². The number of amidine groups is 1. The van der Waals surface area contributed by atoms with Gasteiger partial charge in [0.05, 0.1) is 45.2 Å². The molecule has 1 saturated carbocycles. The van der Waals surface area contributed by atoms with E-state index in [0.717, 1.165) is 40.6 Å². The summed E-state index contributed by atoms with van der Waals surface area (Å²) in [7, 11) is -0.681. The number of amides is 1. The van der Waals surface area contributed by atoms with Crippen molar-refractivity contribution >= 4 is 55.5 Å². The van der Waals surface area contributed by atoms with Crippen LogP contribution in [0.1, 0.15) is 70.7 Å². The van der Waals surface area contributed by atoms with Crippen LogP contribution >= 0.6 is 11.6 Å². The molecule has 62 heavy (non-hydrogen) atoms. The number of fused-ring (bicyclic) bond motifs is 4. The molecule has 2 aliphatic carbocycles. The molecule has 13 nitrogen and oxygen atoms in total. The number of nitrogens with zero attached hydrogens (tertiary/aromatic N) is 6. The first-order chi connectivity index (χ1) is 29.2. The van der Waals surface area contributed by atoms with E-state index in [1.54, 1.807) is 18.2 Å². The number of benzene rings is 3. The van der Waals surface area contributed by atoms with Gasteiger partial charge < -0.3 is 21.3 Å². The van der Waals surface area contributed by atoms with Gasteiger partial charge in [0.2, 0.25) is 5.91 Å². The molecule has 4 N–H and O–H groups in total. The Bertz CT molecular complexity index is 2900. The fraction of sp³-hybridized carbons (Fsp3) is 0.341. The molecule has 1 aliphatic heterocycles. The lowest BCUT2D eigenvalue weighted by atomic mass is 9.98. The molecule has 0 bridgehead atoms. The zero-order chi connectivity index (χ0) is 44.6. The van der Waals surface area contributed by atoms with Crippen LogP contribution < -0.4 is 21.9 Å². The van der Waals surface area contributed by atoms with Crippen molar-refractivity contribution in [2.24, 2.45) is 16.0 Å². The number of aromatic nitrogens is 4. The van der Waals surface area contributed by atoms with Crippen LogP contribution in [-0.4, -0.2) is 77.8 Å². The molecule has 1 amide bonds. The van der Waals surface area contributed by atoms with Crippen LogP contribution in [0.4, 0.5) is 32.0 Å². The third-order valence-electron chi connectivity index (χ3n) is 11.3. The Morgan fingerprint density at radius 1 is 1.11 bits per heavy atom. The summed E-state index contributed by atoms with van der Waals surface area (Å²) in [5.41, 5.74) is 5.18. The second kappa shape index (κ2) is 15.9. The lowest BCUT2D eigenvalue weighted by Gasteiger charge is -2.26. The Labute approximate surface area is 355 Å². The summed E-state index contributed by atoms with van der Waals surface area (Å²) in [6.45, 7) is 0.439. The fourth-order valence-corrected chi connectivity index (χ4v) is 9.21. The number of hydrogen-bond donors (Lipinski definition) is 3. The molecular formula is C41H38ClF6N9O4S. The smallest absolute Gasteiger partial charge is 0.293 e. The predicted octanol–water partition coefficient (Wildman–Crippen LogP) is 6.19. The highest BCUT2D eigenvalue weighted by atomic mass is 35.5. The van der Waals surface area contributed by atoms with E-state index in [-0.39, 0.29) is 56.2 Å². The van der Waals surface area contributed by atoms with E-state index in [4.69, 9.17) is 22.3 Å². The molecule has 3 aliphatic rings. The molecule has 5 aromatic rings. The number of halogens is 7. The molecule has 2 aromatic heterocycles. The summed E-state index contributed by atoms with van der Waals surface area (Å²) in [5, 5.41) is 9.30. The number of carbonyl (C=O) groups is 1. The Hall–Kier alpha value is -5.73. The zero-order valence-electron chi connectivity index (χ0n) is 33.2. The largest absolute Gasteiger partial charge is 0.386 e. The quantitative estimate of drug-likeness (QED) is 0.0752. The molecular weight excluding hydrogens is 864 g/mol. The highest BCUT2D eigenvalue weighted by Gasteiger charge is 2.67. The normalized spacial score (nSPS) is 19.0. The third kappa shape index (κ3) is 7.94. The molecule has 3 atom stereocenters. The molecule has 8 rings (SSSR count). The molecule has 1 fully saturated rings. The van der Waals surface area contributed by atoms with E-state index < -0.39 is 93.5 Å². The Morgan fingerprint density at radius 3 is 2.48 bits per heavy atom. The number of nitrogens with two attached hydrogens (primary N) is 1. The van der Waals surface area contributed by atoms with Crippen molar-refractivity contribution in [3.05, 3.63) is 121 Å². The van der Waals surface area contributed by atoms with Gasteiger partial charge in [0.25, 0.3) is 27.9 Å². The van der Waals surface area contributed by atoms with Gasteiger partial charge in [0, 0.05) is 44.1 Å². The van der Waals surface area contributed by atoms with Gasteiger partial charge in [-0.15, -0.1) is 4.40 Å². The minimum absolute atomic E-state index is 0.00212. The average molecular weight is 902 g/mol. The summed E-state index contributed by atoms with van der Waals surface area (Å²) < 4.78 is 118. The number of sulfonamides is 1. The number of hydrogen-bond acceptors (Lipinski definition) is 8. The average Bonchev–Trinajstić information content (AvgIpc) is 3.85. The molecule has 3 aromatic carbocycles. The van der Waals surface area contributed by atoms with Gasteiger partial charge in [-0.3, -0.25) is 18.8 Å². The van der Waals surface area contributed by atoms with Crippen molar-refractivity contribution in [1.29, 1.82) is 0 Å². The minimum Gasteiger partial charge on any atom is -0.386 e. The monoisotopic (exact) mass is 901 g/mol. The van der Waals surface area contributed by atoms with Gasteiger partial charge in [-0.05, 0) is 78.9 Å². The van der Waals surface area contributed by atoms with E-state index >= 15 is 8.78 Å². The van der Waals surface area contributed by atoms with E-state index in [0.29, 0.717) is 23.7 Å². The SMILES string of the molecule is CNc1c(-n2c([C@H](Cc3cc(F)cc(F)c3)NC(=O)Cn3nc(C(F)F)c4c3C(F)(F)[C@@H]3C[C@H]43)nc3cc(C4=CCN(C)CC4)ccc3c2=O)ccc(Cl)c1C(N)=NS(C)(=O)=O. The number of rotatable bonds is 12. The Kier molecular flexibility index (Phi) is 11.0. The van der Waals surface area contributed by atoms with Crippen LogP contribution in [0.3, 0.4) is 0 Å². The van der Waals surface area contributed by atoms with E-state index in [2.05, 4.69) is 25.0 Å². The first-order valence-electron chi connectivity index (χ1n) is 19.3. The molecule has 3 heterocycles. The molecule has 0 radical (unpaired) electrons. The van der Waals surface area contributed by atoms with E-state index in [9.17, 15) is 35.6 Å². The maximum Gasteiger partial charge on any atom is 0.293 e. The number of anilines is 1. The van der Waals surface area contributed by atoms with Crippen LogP contribution in [0.2, 0.25) is 5.02 Å². The topological polar surface area (TPSA) is 170 Å². The lowest BCUT2D eigenvalue weighted by Crippen LogP contribution is -2.38. The van der Waals surface area contributed by atoms with Gasteiger partial charge in [-0.1, -0.05) is 23.7 Å². The molecule has 0 unspecified atom stereocenters. The van der Waals surface area contributed by atoms with Crippen molar-refractivity contribution in [2.75, 3.05) is 38.8 Å². The zero-order valence-corrected chi connectivity index (χ0v) is 34.8. The summed E-state index contributed by atoms with van der Waals surface area (Å²) >= 11 is 6.56. The highest BCUT2D eigenvalue weighted by molar-refractivity contribution is 7.89. The first kappa shape index (κ1) is 42.9. The molecule has 326 valence electrons.